The summed E-state index contributed by atoms with van der Waals surface area (Å²) < 4.78 is 5.15. The van der Waals surface area contributed by atoms with Crippen LogP contribution >= 0.6 is 0 Å². The Morgan fingerprint density at radius 3 is 2.91 bits per heavy atom. The molecular weight excluding hydrogens is 296 g/mol. The van der Waals surface area contributed by atoms with E-state index in [1.165, 1.54) is 0 Å². The van der Waals surface area contributed by atoms with Crippen LogP contribution in [0.5, 0.6) is 0 Å². The standard InChI is InChI=1S/C16H18N4O3/c1-2-12-9-13(22-19-12)16(21)17-10-15-18-14(20-23-15)8-11-6-4-3-5-7-11/h3-7,13H,2,8-10H2,1H3,(H,17,21)/t13-/m0/s1. The highest BCUT2D eigenvalue weighted by atomic mass is 16.6. The topological polar surface area (TPSA) is 89.6 Å². The summed E-state index contributed by atoms with van der Waals surface area (Å²) >= 11 is 0. The van der Waals surface area contributed by atoms with E-state index in [2.05, 4.69) is 20.6 Å². The van der Waals surface area contributed by atoms with Crippen LogP contribution < -0.4 is 5.32 Å². The summed E-state index contributed by atoms with van der Waals surface area (Å²) in [6.45, 7) is 2.16. The minimum atomic E-state index is -0.559. The summed E-state index contributed by atoms with van der Waals surface area (Å²) in [6.07, 6.45) is 1.36. The number of hydrogen-bond acceptors (Lipinski definition) is 6. The molecule has 0 radical (unpaired) electrons. The van der Waals surface area contributed by atoms with Crippen molar-refractivity contribution in [1.29, 1.82) is 0 Å². The second kappa shape index (κ2) is 7.04. The minimum Gasteiger partial charge on any atom is -0.382 e. The Bertz CT molecular complexity index is 696. The van der Waals surface area contributed by atoms with Gasteiger partial charge in [0.25, 0.3) is 5.91 Å². The molecule has 1 amide bonds. The van der Waals surface area contributed by atoms with E-state index in [9.17, 15) is 4.79 Å². The molecule has 0 fully saturated rings. The van der Waals surface area contributed by atoms with Crippen molar-refractivity contribution in [2.45, 2.75) is 38.8 Å². The van der Waals surface area contributed by atoms with Crippen LogP contribution in [0.2, 0.25) is 0 Å². The van der Waals surface area contributed by atoms with Gasteiger partial charge in [0.1, 0.15) is 0 Å². The highest BCUT2D eigenvalue weighted by Crippen LogP contribution is 2.13. The zero-order valence-corrected chi connectivity index (χ0v) is 12.9. The van der Waals surface area contributed by atoms with Gasteiger partial charge >= 0.3 is 0 Å². The van der Waals surface area contributed by atoms with Crippen LogP contribution in [0.4, 0.5) is 0 Å². The second-order valence-corrected chi connectivity index (χ2v) is 5.29. The van der Waals surface area contributed by atoms with Crippen molar-refractivity contribution in [2.75, 3.05) is 0 Å². The minimum absolute atomic E-state index is 0.182. The van der Waals surface area contributed by atoms with Crippen LogP contribution in [0, 0.1) is 0 Å². The van der Waals surface area contributed by atoms with Crippen LogP contribution in [-0.2, 0) is 22.6 Å². The molecule has 1 aromatic heterocycles. The highest BCUT2D eigenvalue weighted by molar-refractivity contribution is 5.92. The highest BCUT2D eigenvalue weighted by Gasteiger charge is 2.27. The van der Waals surface area contributed by atoms with Crippen LogP contribution in [0.1, 0.15) is 37.0 Å². The quantitative estimate of drug-likeness (QED) is 0.878. The van der Waals surface area contributed by atoms with E-state index in [4.69, 9.17) is 9.36 Å². The molecule has 1 aliphatic rings. The predicted octanol–water partition coefficient (Wildman–Crippen LogP) is 1.83. The Labute approximate surface area is 133 Å². The summed E-state index contributed by atoms with van der Waals surface area (Å²) in [5.74, 6) is 0.744. The number of aromatic nitrogens is 2. The molecular formula is C16H18N4O3. The third kappa shape index (κ3) is 3.94. The summed E-state index contributed by atoms with van der Waals surface area (Å²) in [5, 5.41) is 10.5. The molecule has 0 aliphatic carbocycles. The predicted molar refractivity (Wildman–Crippen MR) is 82.6 cm³/mol. The number of nitrogens with zero attached hydrogens (tertiary/aromatic N) is 3. The maximum atomic E-state index is 12.0. The number of rotatable bonds is 6. The van der Waals surface area contributed by atoms with Gasteiger partial charge in [-0.05, 0) is 12.0 Å². The number of benzene rings is 1. The van der Waals surface area contributed by atoms with Crippen LogP contribution in [0.25, 0.3) is 0 Å². The molecule has 120 valence electrons. The summed E-state index contributed by atoms with van der Waals surface area (Å²) in [6, 6.07) is 9.89. The first-order valence-electron chi connectivity index (χ1n) is 7.59. The lowest BCUT2D eigenvalue weighted by molar-refractivity contribution is -0.131. The van der Waals surface area contributed by atoms with Gasteiger partial charge in [-0.2, -0.15) is 4.98 Å². The zero-order chi connectivity index (χ0) is 16.1. The van der Waals surface area contributed by atoms with Crippen molar-refractivity contribution in [1.82, 2.24) is 15.5 Å². The number of oxime groups is 1. The summed E-state index contributed by atoms with van der Waals surface area (Å²) in [5.41, 5.74) is 2.00. The summed E-state index contributed by atoms with van der Waals surface area (Å²) in [7, 11) is 0. The van der Waals surface area contributed by atoms with Gasteiger partial charge < -0.3 is 14.7 Å². The van der Waals surface area contributed by atoms with Crippen molar-refractivity contribution < 1.29 is 14.2 Å². The van der Waals surface area contributed by atoms with Gasteiger partial charge in [0, 0.05) is 12.8 Å². The molecule has 0 saturated carbocycles. The first kappa shape index (κ1) is 15.2. The largest absolute Gasteiger partial charge is 0.382 e. The van der Waals surface area contributed by atoms with Crippen LogP contribution in [0.15, 0.2) is 40.0 Å². The van der Waals surface area contributed by atoms with Crippen molar-refractivity contribution in [2.24, 2.45) is 5.16 Å². The van der Waals surface area contributed by atoms with Crippen molar-refractivity contribution in [3.63, 3.8) is 0 Å². The maximum absolute atomic E-state index is 12.0. The van der Waals surface area contributed by atoms with E-state index in [0.717, 1.165) is 17.7 Å². The monoisotopic (exact) mass is 314 g/mol. The maximum Gasteiger partial charge on any atom is 0.264 e. The van der Waals surface area contributed by atoms with E-state index < -0.39 is 6.10 Å². The number of amides is 1. The zero-order valence-electron chi connectivity index (χ0n) is 12.9. The van der Waals surface area contributed by atoms with Gasteiger partial charge in [-0.25, -0.2) is 0 Å². The molecule has 1 aliphatic heterocycles. The normalized spacial score (nSPS) is 16.7. The van der Waals surface area contributed by atoms with E-state index in [1.54, 1.807) is 0 Å². The Balaban J connectivity index is 1.49. The molecule has 1 atom stereocenters. The Hall–Kier alpha value is -2.70. The number of nitrogens with one attached hydrogen (secondary N) is 1. The Morgan fingerprint density at radius 2 is 2.17 bits per heavy atom. The van der Waals surface area contributed by atoms with Crippen molar-refractivity contribution in [3.05, 3.63) is 47.6 Å². The van der Waals surface area contributed by atoms with Crippen LogP contribution in [0.3, 0.4) is 0 Å². The lowest BCUT2D eigenvalue weighted by Crippen LogP contribution is -2.34. The van der Waals surface area contributed by atoms with E-state index >= 15 is 0 Å². The molecule has 0 spiro atoms. The molecule has 0 unspecified atom stereocenters. The molecule has 2 heterocycles. The molecule has 7 nitrogen and oxygen atoms in total. The third-order valence-electron chi connectivity index (χ3n) is 3.56. The molecule has 3 rings (SSSR count). The second-order valence-electron chi connectivity index (χ2n) is 5.29. The van der Waals surface area contributed by atoms with Gasteiger partial charge in [-0.15, -0.1) is 0 Å². The molecule has 0 saturated heterocycles. The van der Waals surface area contributed by atoms with Gasteiger partial charge in [0.2, 0.25) is 12.0 Å². The average Bonchev–Trinajstić information content (AvgIpc) is 3.23. The van der Waals surface area contributed by atoms with E-state index in [0.29, 0.717) is 24.6 Å². The van der Waals surface area contributed by atoms with Gasteiger partial charge in [-0.3, -0.25) is 4.79 Å². The molecule has 1 N–H and O–H groups in total. The number of hydrogen-bond donors (Lipinski definition) is 1. The van der Waals surface area contributed by atoms with Crippen molar-refractivity contribution in [3.8, 4) is 0 Å². The average molecular weight is 314 g/mol. The smallest absolute Gasteiger partial charge is 0.264 e. The number of carbonyl (C=O) groups excluding carboxylic acids is 1. The first-order valence-corrected chi connectivity index (χ1v) is 7.59. The Morgan fingerprint density at radius 1 is 1.35 bits per heavy atom. The Kier molecular flexibility index (Phi) is 4.65. The lowest BCUT2D eigenvalue weighted by Gasteiger charge is -2.07. The molecule has 0 bridgehead atoms. The van der Waals surface area contributed by atoms with Crippen molar-refractivity contribution >= 4 is 11.6 Å². The first-order chi connectivity index (χ1) is 11.2. The lowest BCUT2D eigenvalue weighted by atomic mass is 10.1. The fourth-order valence-corrected chi connectivity index (χ4v) is 2.26. The summed E-state index contributed by atoms with van der Waals surface area (Å²) in [4.78, 5) is 21.4. The number of carbonyl (C=O) groups is 1. The molecule has 2 aromatic rings. The van der Waals surface area contributed by atoms with Gasteiger partial charge in [0.05, 0.1) is 12.3 Å². The van der Waals surface area contributed by atoms with Gasteiger partial charge in [-0.1, -0.05) is 47.6 Å². The molecule has 23 heavy (non-hydrogen) atoms. The van der Waals surface area contributed by atoms with Crippen LogP contribution in [-0.4, -0.2) is 27.9 Å². The fourth-order valence-electron chi connectivity index (χ4n) is 2.26. The SMILES string of the molecule is CCC1=NO[C@H](C(=O)NCc2nc(Cc3ccccc3)no2)C1. The fraction of sp³-hybridized carbons (Fsp3) is 0.375. The van der Waals surface area contributed by atoms with E-state index in [-0.39, 0.29) is 12.5 Å². The molecule has 1 aromatic carbocycles. The third-order valence-corrected chi connectivity index (χ3v) is 3.56. The van der Waals surface area contributed by atoms with Gasteiger partial charge in [0.15, 0.2) is 5.82 Å². The molecule has 7 heteroatoms. The van der Waals surface area contributed by atoms with E-state index in [1.807, 2.05) is 37.3 Å².